The summed E-state index contributed by atoms with van der Waals surface area (Å²) in [5.74, 6) is -0.717. The van der Waals surface area contributed by atoms with E-state index < -0.39 is 12.4 Å². The molecule has 0 bridgehead atoms. The van der Waals surface area contributed by atoms with E-state index >= 15 is 0 Å². The van der Waals surface area contributed by atoms with E-state index in [0.717, 1.165) is 6.07 Å². The lowest BCUT2D eigenvalue weighted by Gasteiger charge is -2.03. The van der Waals surface area contributed by atoms with Gasteiger partial charge in [0, 0.05) is 5.56 Å². The topological polar surface area (TPSA) is 39.2 Å². The molecular weight excluding hydrogens is 307 g/mol. The number of hydrogen-bond acceptors (Lipinski definition) is 3. The summed E-state index contributed by atoms with van der Waals surface area (Å²) in [6.07, 6.45) is -2.62. The maximum Gasteiger partial charge on any atom is 0.356 e. The second-order valence-corrected chi connectivity index (χ2v) is 3.51. The lowest BCUT2D eigenvalue weighted by atomic mass is 10.2. The van der Waals surface area contributed by atoms with Gasteiger partial charge in [-0.1, -0.05) is 0 Å². The first-order valence-electron chi connectivity index (χ1n) is 3.58. The van der Waals surface area contributed by atoms with Gasteiger partial charge in [-0.3, -0.25) is 0 Å². The molecule has 0 atom stereocenters. The zero-order valence-electron chi connectivity index (χ0n) is 7.13. The van der Waals surface area contributed by atoms with E-state index in [4.69, 9.17) is 0 Å². The third kappa shape index (κ3) is 2.60. The van der Waals surface area contributed by atoms with E-state index in [2.05, 4.69) is 9.72 Å². The number of methoxy groups -OCH3 is 1. The molecule has 0 aliphatic heterocycles. The highest BCUT2D eigenvalue weighted by Crippen LogP contribution is 2.20. The van der Waals surface area contributed by atoms with Gasteiger partial charge in [-0.15, -0.1) is 0 Å². The van der Waals surface area contributed by atoms with Gasteiger partial charge >= 0.3 is 5.97 Å². The zero-order chi connectivity index (χ0) is 10.7. The minimum Gasteiger partial charge on any atom is -0.464 e. The van der Waals surface area contributed by atoms with Crippen LogP contribution in [0.5, 0.6) is 0 Å². The molecule has 0 N–H and O–H groups in total. The van der Waals surface area contributed by atoms with Crippen LogP contribution in [0, 0.1) is 3.70 Å². The van der Waals surface area contributed by atoms with E-state index in [0.29, 0.717) is 3.70 Å². The van der Waals surface area contributed by atoms with Crippen molar-refractivity contribution >= 4 is 28.6 Å². The minimum absolute atomic E-state index is 0.102. The van der Waals surface area contributed by atoms with Gasteiger partial charge in [0.15, 0.2) is 0 Å². The van der Waals surface area contributed by atoms with E-state index in [9.17, 15) is 13.6 Å². The van der Waals surface area contributed by atoms with Gasteiger partial charge in [-0.25, -0.2) is 18.6 Å². The van der Waals surface area contributed by atoms with Crippen LogP contribution >= 0.6 is 22.6 Å². The molecule has 0 aromatic carbocycles. The molecule has 0 fully saturated rings. The van der Waals surface area contributed by atoms with Gasteiger partial charge in [-0.2, -0.15) is 0 Å². The van der Waals surface area contributed by atoms with Crippen LogP contribution in [0.3, 0.4) is 0 Å². The van der Waals surface area contributed by atoms with Crippen molar-refractivity contribution in [1.29, 1.82) is 0 Å². The smallest absolute Gasteiger partial charge is 0.356 e. The predicted molar refractivity (Wildman–Crippen MR) is 53.3 cm³/mol. The van der Waals surface area contributed by atoms with Crippen LogP contribution in [-0.2, 0) is 4.74 Å². The summed E-state index contributed by atoms with van der Waals surface area (Å²) in [4.78, 5) is 14.8. The molecular formula is C8H6F2INO2. The molecule has 1 aromatic heterocycles. The Balaban J connectivity index is 3.13. The fraction of sp³-hybridized carbons (Fsp3) is 0.250. The van der Waals surface area contributed by atoms with E-state index in [1.165, 1.54) is 13.2 Å². The van der Waals surface area contributed by atoms with Crippen molar-refractivity contribution in [2.45, 2.75) is 6.43 Å². The molecule has 76 valence electrons. The maximum atomic E-state index is 12.3. The second-order valence-electron chi connectivity index (χ2n) is 2.40. The molecule has 3 nitrogen and oxygen atoms in total. The first-order chi connectivity index (χ1) is 6.54. The van der Waals surface area contributed by atoms with Crippen molar-refractivity contribution in [2.24, 2.45) is 0 Å². The van der Waals surface area contributed by atoms with Gasteiger partial charge in [0.1, 0.15) is 9.39 Å². The van der Waals surface area contributed by atoms with Crippen molar-refractivity contribution in [1.82, 2.24) is 4.98 Å². The van der Waals surface area contributed by atoms with Gasteiger partial charge in [0.25, 0.3) is 6.43 Å². The number of carbonyl (C=O) groups excluding carboxylic acids is 1. The third-order valence-electron chi connectivity index (χ3n) is 1.46. The number of nitrogens with zero attached hydrogens (tertiary/aromatic N) is 1. The summed E-state index contributed by atoms with van der Waals surface area (Å²) < 4.78 is 29.3. The largest absolute Gasteiger partial charge is 0.464 e. The lowest BCUT2D eigenvalue weighted by Crippen LogP contribution is -2.06. The Hall–Kier alpha value is -0.790. The second kappa shape index (κ2) is 4.63. The fourth-order valence-corrected chi connectivity index (χ4v) is 1.47. The van der Waals surface area contributed by atoms with Crippen LogP contribution in [0.2, 0.25) is 0 Å². The SMILES string of the molecule is COC(=O)c1cc(C(F)F)cc(I)n1. The molecule has 0 aliphatic rings. The highest BCUT2D eigenvalue weighted by Gasteiger charge is 2.14. The highest BCUT2D eigenvalue weighted by molar-refractivity contribution is 14.1. The van der Waals surface area contributed by atoms with Crippen LogP contribution in [0.15, 0.2) is 12.1 Å². The number of ether oxygens (including phenoxy) is 1. The highest BCUT2D eigenvalue weighted by atomic mass is 127. The minimum atomic E-state index is -2.62. The molecule has 0 unspecified atom stereocenters. The summed E-state index contributed by atoms with van der Waals surface area (Å²) in [5, 5.41) is 0. The summed E-state index contributed by atoms with van der Waals surface area (Å²) in [7, 11) is 1.17. The number of esters is 1. The van der Waals surface area contributed by atoms with Crippen molar-refractivity contribution in [3.63, 3.8) is 0 Å². The summed E-state index contributed by atoms with van der Waals surface area (Å²) in [5.41, 5.74) is -0.334. The average Bonchev–Trinajstić information content (AvgIpc) is 2.15. The molecule has 0 saturated heterocycles. The first-order valence-corrected chi connectivity index (χ1v) is 4.66. The molecule has 1 aromatic rings. The van der Waals surface area contributed by atoms with Crippen LogP contribution in [0.1, 0.15) is 22.5 Å². The van der Waals surface area contributed by atoms with Crippen molar-refractivity contribution < 1.29 is 18.3 Å². The Kier molecular flexibility index (Phi) is 3.73. The molecule has 0 radical (unpaired) electrons. The number of pyridine rings is 1. The molecule has 0 saturated carbocycles. The van der Waals surface area contributed by atoms with E-state index in [1.807, 2.05) is 0 Å². The zero-order valence-corrected chi connectivity index (χ0v) is 9.29. The summed E-state index contributed by atoms with van der Waals surface area (Å²) in [6.45, 7) is 0. The number of alkyl halides is 2. The number of halogens is 3. The van der Waals surface area contributed by atoms with Crippen LogP contribution in [0.4, 0.5) is 8.78 Å². The molecule has 6 heteroatoms. The molecule has 0 spiro atoms. The standard InChI is InChI=1S/C8H6F2INO2/c1-14-8(13)5-2-4(7(9)10)3-6(11)12-5/h2-3,7H,1H3. The molecule has 1 heterocycles. The summed E-state index contributed by atoms with van der Waals surface area (Å²) >= 11 is 1.76. The fourth-order valence-electron chi connectivity index (χ4n) is 0.852. The molecule has 0 aliphatic carbocycles. The number of hydrogen-bond donors (Lipinski definition) is 0. The maximum absolute atomic E-state index is 12.3. The summed E-state index contributed by atoms with van der Waals surface area (Å²) in [6, 6.07) is 2.25. The van der Waals surface area contributed by atoms with Crippen LogP contribution < -0.4 is 0 Å². The van der Waals surface area contributed by atoms with E-state index in [-0.39, 0.29) is 11.3 Å². The van der Waals surface area contributed by atoms with Crippen molar-refractivity contribution in [3.05, 3.63) is 27.1 Å². The number of rotatable bonds is 2. The van der Waals surface area contributed by atoms with Crippen molar-refractivity contribution in [2.75, 3.05) is 7.11 Å². The van der Waals surface area contributed by atoms with Crippen molar-refractivity contribution in [3.8, 4) is 0 Å². The Bertz CT molecular complexity index is 357. The predicted octanol–water partition coefficient (Wildman–Crippen LogP) is 2.41. The van der Waals surface area contributed by atoms with Gasteiger partial charge in [0.05, 0.1) is 7.11 Å². The van der Waals surface area contributed by atoms with Crippen LogP contribution in [-0.4, -0.2) is 18.1 Å². The number of carbonyl (C=O) groups is 1. The third-order valence-corrected chi connectivity index (χ3v) is 2.02. The molecule has 1 rings (SSSR count). The average molecular weight is 313 g/mol. The normalized spacial score (nSPS) is 10.4. The Morgan fingerprint density at radius 2 is 2.21 bits per heavy atom. The van der Waals surface area contributed by atoms with Gasteiger partial charge in [0.2, 0.25) is 0 Å². The van der Waals surface area contributed by atoms with Gasteiger partial charge in [-0.05, 0) is 34.7 Å². The Morgan fingerprint density at radius 1 is 1.57 bits per heavy atom. The molecule has 0 amide bonds. The Labute approximate surface area is 92.6 Å². The quantitative estimate of drug-likeness (QED) is 0.478. The first kappa shape index (κ1) is 11.3. The Morgan fingerprint density at radius 3 is 2.71 bits per heavy atom. The lowest BCUT2D eigenvalue weighted by molar-refractivity contribution is 0.0593. The number of aromatic nitrogens is 1. The monoisotopic (exact) mass is 313 g/mol. The van der Waals surface area contributed by atoms with Crippen LogP contribution in [0.25, 0.3) is 0 Å². The van der Waals surface area contributed by atoms with E-state index in [1.54, 1.807) is 22.6 Å². The molecule has 14 heavy (non-hydrogen) atoms. The van der Waals surface area contributed by atoms with Gasteiger partial charge < -0.3 is 4.74 Å².